The molecule has 0 spiro atoms. The molecular weight excluding hydrogens is 366 g/mol. The number of urea groups is 1. The summed E-state index contributed by atoms with van der Waals surface area (Å²) in [5, 5.41) is 14.4. The van der Waals surface area contributed by atoms with Crippen LogP contribution in [0.3, 0.4) is 0 Å². The number of ether oxygens (including phenoxy) is 1. The summed E-state index contributed by atoms with van der Waals surface area (Å²) in [5.74, 6) is 0.229. The topological polar surface area (TPSA) is 91.8 Å². The number of nitrogens with zero attached hydrogens (tertiary/aromatic N) is 2. The average molecular weight is 389 g/mol. The van der Waals surface area contributed by atoms with Gasteiger partial charge in [0.2, 0.25) is 0 Å². The van der Waals surface area contributed by atoms with E-state index in [-0.39, 0.29) is 19.0 Å². The van der Waals surface area contributed by atoms with Gasteiger partial charge in [0.05, 0.1) is 24.2 Å². The van der Waals surface area contributed by atoms with Crippen LogP contribution in [0.5, 0.6) is 5.75 Å². The number of hydrogen-bond donors (Lipinski definition) is 2. The molecule has 1 aliphatic rings. The number of piperidine rings is 1. The molecule has 1 fully saturated rings. The summed E-state index contributed by atoms with van der Waals surface area (Å²) in [4.78, 5) is 29.1. The molecule has 1 aromatic heterocycles. The van der Waals surface area contributed by atoms with Gasteiger partial charge in [0.1, 0.15) is 5.75 Å². The van der Waals surface area contributed by atoms with Gasteiger partial charge >= 0.3 is 12.0 Å². The van der Waals surface area contributed by atoms with Crippen molar-refractivity contribution in [3.05, 3.63) is 34.7 Å². The standard InChI is InChI=1S/C19H23N3O4S/c1-26-16-5-3-2-4-14(16)15-12-27-18(21-15)13-7-10-22(11-8-13)19(25)20-9-6-17(23)24/h2-5,12-13H,6-11H2,1H3,(H,20,25)(H,23,24). The summed E-state index contributed by atoms with van der Waals surface area (Å²) in [6.07, 6.45) is 1.64. The maximum atomic E-state index is 12.1. The molecule has 0 bridgehead atoms. The second-order valence-electron chi connectivity index (χ2n) is 6.41. The summed E-state index contributed by atoms with van der Waals surface area (Å²) in [6.45, 7) is 1.45. The Morgan fingerprint density at radius 2 is 2.07 bits per heavy atom. The summed E-state index contributed by atoms with van der Waals surface area (Å²) in [5.41, 5.74) is 1.90. The predicted molar refractivity (Wildman–Crippen MR) is 103 cm³/mol. The molecule has 2 heterocycles. The van der Waals surface area contributed by atoms with E-state index in [1.807, 2.05) is 24.3 Å². The molecule has 0 unspecified atom stereocenters. The number of para-hydroxylation sites is 1. The number of carboxylic acids is 1. The highest BCUT2D eigenvalue weighted by atomic mass is 32.1. The highest BCUT2D eigenvalue weighted by molar-refractivity contribution is 7.10. The number of carbonyl (C=O) groups is 2. The number of hydrogen-bond acceptors (Lipinski definition) is 5. The van der Waals surface area contributed by atoms with E-state index in [1.165, 1.54) is 0 Å². The number of rotatable bonds is 6. The van der Waals surface area contributed by atoms with E-state index in [4.69, 9.17) is 14.8 Å². The van der Waals surface area contributed by atoms with Gasteiger partial charge in [-0.25, -0.2) is 9.78 Å². The van der Waals surface area contributed by atoms with Crippen LogP contribution in [-0.2, 0) is 4.79 Å². The Hall–Kier alpha value is -2.61. The number of amides is 2. The molecule has 0 atom stereocenters. The van der Waals surface area contributed by atoms with Crippen molar-refractivity contribution in [1.29, 1.82) is 0 Å². The molecule has 1 aromatic carbocycles. The van der Waals surface area contributed by atoms with Gasteiger partial charge in [-0.15, -0.1) is 11.3 Å². The van der Waals surface area contributed by atoms with Gasteiger partial charge in [0.25, 0.3) is 0 Å². The normalized spacial score (nSPS) is 14.8. The predicted octanol–water partition coefficient (Wildman–Crippen LogP) is 3.18. The van der Waals surface area contributed by atoms with Crippen LogP contribution in [0.2, 0.25) is 0 Å². The number of carboxylic acid groups (broad SMARTS) is 1. The molecular formula is C19H23N3O4S. The van der Waals surface area contributed by atoms with E-state index in [0.717, 1.165) is 34.9 Å². The van der Waals surface area contributed by atoms with Crippen LogP contribution in [0, 0.1) is 0 Å². The first-order valence-electron chi connectivity index (χ1n) is 8.92. The van der Waals surface area contributed by atoms with Crippen molar-refractivity contribution in [2.24, 2.45) is 0 Å². The van der Waals surface area contributed by atoms with Crippen molar-refractivity contribution >= 4 is 23.3 Å². The first-order valence-corrected chi connectivity index (χ1v) is 9.80. The van der Waals surface area contributed by atoms with E-state index in [0.29, 0.717) is 19.0 Å². The molecule has 144 valence electrons. The van der Waals surface area contributed by atoms with Crippen LogP contribution >= 0.6 is 11.3 Å². The number of thiazole rings is 1. The Bertz CT molecular complexity index is 800. The molecule has 1 aliphatic heterocycles. The van der Waals surface area contributed by atoms with Gasteiger partial charge in [-0.1, -0.05) is 12.1 Å². The molecule has 8 heteroatoms. The number of likely N-dealkylation sites (tertiary alicyclic amines) is 1. The third-order valence-corrected chi connectivity index (χ3v) is 5.66. The molecule has 2 amide bonds. The largest absolute Gasteiger partial charge is 0.496 e. The monoisotopic (exact) mass is 389 g/mol. The molecule has 0 aliphatic carbocycles. The van der Waals surface area contributed by atoms with Crippen molar-refractivity contribution < 1.29 is 19.4 Å². The smallest absolute Gasteiger partial charge is 0.317 e. The lowest BCUT2D eigenvalue weighted by Gasteiger charge is -2.31. The molecule has 0 saturated carbocycles. The van der Waals surface area contributed by atoms with E-state index in [2.05, 4.69) is 10.7 Å². The maximum absolute atomic E-state index is 12.1. The first kappa shape index (κ1) is 19.2. The molecule has 3 rings (SSSR count). The van der Waals surface area contributed by atoms with Gasteiger partial charge in [0, 0.05) is 36.5 Å². The Balaban J connectivity index is 1.57. The van der Waals surface area contributed by atoms with Crippen molar-refractivity contribution in [2.45, 2.75) is 25.2 Å². The minimum Gasteiger partial charge on any atom is -0.496 e. The van der Waals surface area contributed by atoms with E-state index in [1.54, 1.807) is 23.3 Å². The Morgan fingerprint density at radius 3 is 2.78 bits per heavy atom. The van der Waals surface area contributed by atoms with Crippen molar-refractivity contribution in [3.8, 4) is 17.0 Å². The quantitative estimate of drug-likeness (QED) is 0.792. The van der Waals surface area contributed by atoms with Gasteiger partial charge < -0.3 is 20.1 Å². The number of nitrogens with one attached hydrogen (secondary N) is 1. The van der Waals surface area contributed by atoms with Gasteiger partial charge in [-0.3, -0.25) is 4.79 Å². The van der Waals surface area contributed by atoms with Gasteiger partial charge in [-0.05, 0) is 25.0 Å². The minimum atomic E-state index is -0.913. The fourth-order valence-electron chi connectivity index (χ4n) is 3.17. The highest BCUT2D eigenvalue weighted by Crippen LogP contribution is 2.35. The maximum Gasteiger partial charge on any atom is 0.317 e. The van der Waals surface area contributed by atoms with Crippen molar-refractivity contribution in [2.75, 3.05) is 26.7 Å². The zero-order valence-electron chi connectivity index (χ0n) is 15.2. The fourth-order valence-corrected chi connectivity index (χ4v) is 4.16. The zero-order chi connectivity index (χ0) is 19.2. The number of aliphatic carboxylic acids is 1. The second kappa shape index (κ2) is 8.85. The lowest BCUT2D eigenvalue weighted by Crippen LogP contribution is -2.44. The second-order valence-corrected chi connectivity index (χ2v) is 7.30. The summed E-state index contributed by atoms with van der Waals surface area (Å²) >= 11 is 1.65. The Labute approximate surface area is 162 Å². The van der Waals surface area contributed by atoms with E-state index >= 15 is 0 Å². The minimum absolute atomic E-state index is 0.0625. The van der Waals surface area contributed by atoms with Crippen LogP contribution in [0.25, 0.3) is 11.3 Å². The van der Waals surface area contributed by atoms with E-state index < -0.39 is 5.97 Å². The molecule has 1 saturated heterocycles. The van der Waals surface area contributed by atoms with Crippen LogP contribution in [0.1, 0.15) is 30.2 Å². The van der Waals surface area contributed by atoms with Crippen molar-refractivity contribution in [1.82, 2.24) is 15.2 Å². The van der Waals surface area contributed by atoms with Crippen LogP contribution in [0.15, 0.2) is 29.6 Å². The Kier molecular flexibility index (Phi) is 6.28. The molecule has 2 N–H and O–H groups in total. The summed E-state index contributed by atoms with van der Waals surface area (Å²) < 4.78 is 5.42. The lowest BCUT2D eigenvalue weighted by molar-refractivity contribution is -0.136. The zero-order valence-corrected chi connectivity index (χ0v) is 16.0. The molecule has 7 nitrogen and oxygen atoms in total. The van der Waals surface area contributed by atoms with Gasteiger partial charge in [0.15, 0.2) is 0 Å². The summed E-state index contributed by atoms with van der Waals surface area (Å²) in [7, 11) is 1.66. The van der Waals surface area contributed by atoms with Crippen LogP contribution in [-0.4, -0.2) is 53.7 Å². The highest BCUT2D eigenvalue weighted by Gasteiger charge is 2.26. The Morgan fingerprint density at radius 1 is 1.33 bits per heavy atom. The van der Waals surface area contributed by atoms with E-state index in [9.17, 15) is 9.59 Å². The molecule has 27 heavy (non-hydrogen) atoms. The molecule has 0 radical (unpaired) electrons. The SMILES string of the molecule is COc1ccccc1-c1csc(C2CCN(C(=O)NCCC(=O)O)CC2)n1. The lowest BCUT2D eigenvalue weighted by atomic mass is 9.98. The fraction of sp³-hybridized carbons (Fsp3) is 0.421. The van der Waals surface area contributed by atoms with Crippen molar-refractivity contribution in [3.63, 3.8) is 0 Å². The molecule has 2 aromatic rings. The average Bonchev–Trinajstić information content (AvgIpc) is 3.17. The third kappa shape index (κ3) is 4.77. The number of benzene rings is 1. The van der Waals surface area contributed by atoms with Crippen LogP contribution in [0.4, 0.5) is 4.79 Å². The number of methoxy groups -OCH3 is 1. The first-order chi connectivity index (χ1) is 13.1. The van der Waals surface area contributed by atoms with Crippen LogP contribution < -0.4 is 10.1 Å². The number of carbonyl (C=O) groups excluding carboxylic acids is 1. The third-order valence-electron chi connectivity index (χ3n) is 4.65. The number of aromatic nitrogens is 1. The summed E-state index contributed by atoms with van der Waals surface area (Å²) in [6, 6.07) is 7.64. The van der Waals surface area contributed by atoms with Gasteiger partial charge in [-0.2, -0.15) is 0 Å².